The van der Waals surface area contributed by atoms with Crippen LogP contribution in [0, 0.1) is 5.82 Å². The second-order valence-electron chi connectivity index (χ2n) is 3.67. The summed E-state index contributed by atoms with van der Waals surface area (Å²) in [6.45, 7) is 0. The molecule has 19 heavy (non-hydrogen) atoms. The van der Waals surface area contributed by atoms with Crippen molar-refractivity contribution in [2.24, 2.45) is 0 Å². The molecule has 0 heterocycles. The molecule has 0 aromatic heterocycles. The van der Waals surface area contributed by atoms with Gasteiger partial charge in [0.15, 0.2) is 0 Å². The number of halogens is 4. The quantitative estimate of drug-likeness (QED) is 0.786. The average molecular weight is 363 g/mol. The van der Waals surface area contributed by atoms with Gasteiger partial charge in [0, 0.05) is 9.50 Å². The summed E-state index contributed by atoms with van der Waals surface area (Å²) in [6, 6.07) is 8.96. The molecule has 0 aliphatic carbocycles. The summed E-state index contributed by atoms with van der Waals surface area (Å²) in [5, 5.41) is 3.06. The van der Waals surface area contributed by atoms with Crippen molar-refractivity contribution in [2.45, 2.75) is 0 Å². The van der Waals surface area contributed by atoms with Crippen molar-refractivity contribution in [3.05, 3.63) is 62.3 Å². The maximum Gasteiger partial charge on any atom is 0.260 e. The first-order chi connectivity index (χ1) is 8.99. The van der Waals surface area contributed by atoms with Gasteiger partial charge >= 0.3 is 0 Å². The predicted molar refractivity (Wildman–Crippen MR) is 78.5 cm³/mol. The number of nitrogens with one attached hydrogen (secondary N) is 1. The van der Waals surface area contributed by atoms with E-state index in [4.69, 9.17) is 23.2 Å². The van der Waals surface area contributed by atoms with E-state index in [1.807, 2.05) is 0 Å². The Morgan fingerprint density at radius 3 is 2.63 bits per heavy atom. The van der Waals surface area contributed by atoms with Gasteiger partial charge in [-0.1, -0.05) is 29.3 Å². The maximum absolute atomic E-state index is 13.6. The SMILES string of the molecule is O=C(Nc1cc(Cl)ccc1Br)c1c(F)cccc1Cl. The number of carbonyl (C=O) groups excluding carboxylic acids is 1. The van der Waals surface area contributed by atoms with E-state index in [1.54, 1.807) is 18.2 Å². The number of hydrogen-bond donors (Lipinski definition) is 1. The van der Waals surface area contributed by atoms with E-state index in [1.165, 1.54) is 18.2 Å². The highest BCUT2D eigenvalue weighted by molar-refractivity contribution is 9.10. The first kappa shape index (κ1) is 14.3. The normalized spacial score (nSPS) is 10.3. The third-order valence-electron chi connectivity index (χ3n) is 2.37. The van der Waals surface area contributed by atoms with E-state index >= 15 is 0 Å². The molecule has 1 amide bonds. The summed E-state index contributed by atoms with van der Waals surface area (Å²) in [6.07, 6.45) is 0. The van der Waals surface area contributed by atoms with Gasteiger partial charge in [0.1, 0.15) is 5.82 Å². The van der Waals surface area contributed by atoms with E-state index in [0.29, 0.717) is 15.2 Å². The van der Waals surface area contributed by atoms with Crippen LogP contribution in [0.1, 0.15) is 10.4 Å². The Morgan fingerprint density at radius 2 is 1.95 bits per heavy atom. The van der Waals surface area contributed by atoms with Crippen LogP contribution in [0.5, 0.6) is 0 Å². The van der Waals surface area contributed by atoms with Crippen LogP contribution in [0.25, 0.3) is 0 Å². The van der Waals surface area contributed by atoms with Gasteiger partial charge in [-0.05, 0) is 46.3 Å². The lowest BCUT2D eigenvalue weighted by atomic mass is 10.2. The lowest BCUT2D eigenvalue weighted by Crippen LogP contribution is -2.14. The van der Waals surface area contributed by atoms with Gasteiger partial charge in [0.25, 0.3) is 5.91 Å². The number of hydrogen-bond acceptors (Lipinski definition) is 1. The molecule has 0 fully saturated rings. The minimum Gasteiger partial charge on any atom is -0.321 e. The van der Waals surface area contributed by atoms with Crippen LogP contribution < -0.4 is 5.32 Å². The molecule has 1 N–H and O–H groups in total. The van der Waals surface area contributed by atoms with Crippen LogP contribution in [-0.2, 0) is 0 Å². The van der Waals surface area contributed by atoms with Crippen LogP contribution in [-0.4, -0.2) is 5.91 Å². The van der Waals surface area contributed by atoms with Gasteiger partial charge in [0.2, 0.25) is 0 Å². The molecule has 0 aliphatic rings. The summed E-state index contributed by atoms with van der Waals surface area (Å²) in [4.78, 5) is 12.0. The Kier molecular flexibility index (Phi) is 4.45. The highest BCUT2D eigenvalue weighted by Crippen LogP contribution is 2.27. The fourth-order valence-electron chi connectivity index (χ4n) is 1.49. The van der Waals surface area contributed by atoms with Gasteiger partial charge < -0.3 is 5.32 Å². The first-order valence-electron chi connectivity index (χ1n) is 5.19. The van der Waals surface area contributed by atoms with Gasteiger partial charge in [-0.3, -0.25) is 4.79 Å². The monoisotopic (exact) mass is 361 g/mol. The van der Waals surface area contributed by atoms with Crippen LogP contribution >= 0.6 is 39.1 Å². The van der Waals surface area contributed by atoms with Gasteiger partial charge in [0.05, 0.1) is 16.3 Å². The van der Waals surface area contributed by atoms with Crippen molar-refractivity contribution < 1.29 is 9.18 Å². The largest absolute Gasteiger partial charge is 0.321 e. The van der Waals surface area contributed by atoms with Crippen LogP contribution in [0.4, 0.5) is 10.1 Å². The fraction of sp³-hybridized carbons (Fsp3) is 0. The minimum atomic E-state index is -0.678. The molecule has 0 radical (unpaired) electrons. The molecule has 0 bridgehead atoms. The minimum absolute atomic E-state index is 0.0515. The summed E-state index contributed by atoms with van der Waals surface area (Å²) in [5.41, 5.74) is 0.243. The number of rotatable bonds is 2. The van der Waals surface area contributed by atoms with E-state index in [9.17, 15) is 9.18 Å². The third-order valence-corrected chi connectivity index (χ3v) is 3.61. The molecule has 2 nitrogen and oxygen atoms in total. The van der Waals surface area contributed by atoms with Crippen LogP contribution in [0.2, 0.25) is 10.0 Å². The second kappa shape index (κ2) is 5.90. The number of benzene rings is 2. The molecule has 0 saturated heterocycles. The molecule has 2 aromatic carbocycles. The molecule has 6 heteroatoms. The Morgan fingerprint density at radius 1 is 1.21 bits per heavy atom. The molecule has 0 atom stereocenters. The van der Waals surface area contributed by atoms with Crippen LogP contribution in [0.3, 0.4) is 0 Å². The highest BCUT2D eigenvalue weighted by atomic mass is 79.9. The Balaban J connectivity index is 2.34. The number of anilines is 1. The van der Waals surface area contributed by atoms with E-state index in [2.05, 4.69) is 21.2 Å². The van der Waals surface area contributed by atoms with Crippen molar-refractivity contribution in [3.8, 4) is 0 Å². The third kappa shape index (κ3) is 3.26. The summed E-state index contributed by atoms with van der Waals surface area (Å²) in [7, 11) is 0. The zero-order valence-electron chi connectivity index (χ0n) is 9.38. The van der Waals surface area contributed by atoms with Crippen molar-refractivity contribution in [1.82, 2.24) is 0 Å². The van der Waals surface area contributed by atoms with Gasteiger partial charge in [-0.2, -0.15) is 0 Å². The molecule has 0 aliphatic heterocycles. The first-order valence-corrected chi connectivity index (χ1v) is 6.74. The molecule has 98 valence electrons. The van der Waals surface area contributed by atoms with Crippen molar-refractivity contribution in [2.75, 3.05) is 5.32 Å². The van der Waals surface area contributed by atoms with E-state index in [0.717, 1.165) is 0 Å². The predicted octanol–water partition coefficient (Wildman–Crippen LogP) is 5.15. The molecule has 0 spiro atoms. The summed E-state index contributed by atoms with van der Waals surface area (Å²) in [5.74, 6) is -1.31. The van der Waals surface area contributed by atoms with Gasteiger partial charge in [-0.25, -0.2) is 4.39 Å². The molecule has 0 saturated carbocycles. The topological polar surface area (TPSA) is 29.1 Å². The smallest absolute Gasteiger partial charge is 0.260 e. The number of carbonyl (C=O) groups is 1. The molecular weight excluding hydrogens is 356 g/mol. The maximum atomic E-state index is 13.6. The standard InChI is InChI=1S/C13H7BrCl2FNO/c14-8-5-4-7(15)6-11(8)18-13(19)12-9(16)2-1-3-10(12)17/h1-6H,(H,18,19). The van der Waals surface area contributed by atoms with Gasteiger partial charge in [-0.15, -0.1) is 0 Å². The Bertz CT molecular complexity index is 628. The fourth-order valence-corrected chi connectivity index (χ4v) is 2.26. The van der Waals surface area contributed by atoms with Crippen molar-refractivity contribution in [1.29, 1.82) is 0 Å². The van der Waals surface area contributed by atoms with Crippen LogP contribution in [0.15, 0.2) is 40.9 Å². The lowest BCUT2D eigenvalue weighted by Gasteiger charge is -2.09. The van der Waals surface area contributed by atoms with Crippen molar-refractivity contribution >= 4 is 50.7 Å². The highest BCUT2D eigenvalue weighted by Gasteiger charge is 2.16. The average Bonchev–Trinajstić information content (AvgIpc) is 2.33. The zero-order valence-corrected chi connectivity index (χ0v) is 12.5. The number of amides is 1. The summed E-state index contributed by atoms with van der Waals surface area (Å²) < 4.78 is 14.2. The Labute approximate surface area is 127 Å². The molecule has 0 unspecified atom stereocenters. The molecular formula is C13H7BrCl2FNO. The lowest BCUT2D eigenvalue weighted by molar-refractivity contribution is 0.102. The summed E-state index contributed by atoms with van der Waals surface area (Å²) >= 11 is 14.9. The Hall–Kier alpha value is -1.10. The second-order valence-corrected chi connectivity index (χ2v) is 5.37. The van der Waals surface area contributed by atoms with E-state index < -0.39 is 11.7 Å². The zero-order chi connectivity index (χ0) is 14.0. The van der Waals surface area contributed by atoms with Crippen molar-refractivity contribution in [3.63, 3.8) is 0 Å². The molecule has 2 aromatic rings. The van der Waals surface area contributed by atoms with E-state index in [-0.39, 0.29) is 10.6 Å². The molecule has 2 rings (SSSR count).